The molecule has 1 N–H and O–H groups in total. The lowest BCUT2D eigenvalue weighted by Gasteiger charge is -2.10. The molecule has 0 aliphatic rings. The fourth-order valence-corrected chi connectivity index (χ4v) is 3.99. The maximum atomic E-state index is 13.3. The van der Waals surface area contributed by atoms with Gasteiger partial charge in [-0.25, -0.2) is 4.98 Å². The number of phenolic OH excluding ortho intramolecular Hbond substituents is 1. The van der Waals surface area contributed by atoms with E-state index in [1.54, 1.807) is 32.0 Å². The number of carbonyl (C=O) groups excluding carboxylic acids is 1. The van der Waals surface area contributed by atoms with Gasteiger partial charge in [-0.1, -0.05) is 18.2 Å². The molecule has 0 saturated carbocycles. The summed E-state index contributed by atoms with van der Waals surface area (Å²) in [5.74, 6) is 0.0379. The largest absolute Gasteiger partial charge is 0.508 e. The predicted octanol–water partition coefficient (Wildman–Crippen LogP) is 5.97. The van der Waals surface area contributed by atoms with Gasteiger partial charge in [0.25, 0.3) is 0 Å². The molecule has 0 unspecified atom stereocenters. The van der Waals surface area contributed by atoms with Gasteiger partial charge in [-0.3, -0.25) is 4.79 Å². The second kappa shape index (κ2) is 7.75. The molecule has 0 bridgehead atoms. The maximum absolute atomic E-state index is 13.3. The first kappa shape index (κ1) is 20.1. The molecule has 0 radical (unpaired) electrons. The topological polar surface area (TPSA) is 50.2 Å². The minimum atomic E-state index is -4.46. The molecule has 0 amide bonds. The molecule has 0 aliphatic heterocycles. The second-order valence-corrected chi connectivity index (χ2v) is 7.58. The highest BCUT2D eigenvalue weighted by molar-refractivity contribution is 7.15. The van der Waals surface area contributed by atoms with E-state index in [1.807, 2.05) is 0 Å². The van der Waals surface area contributed by atoms with Crippen LogP contribution in [0.15, 0.2) is 42.5 Å². The van der Waals surface area contributed by atoms with Crippen LogP contribution in [0, 0.1) is 13.8 Å². The molecule has 146 valence electrons. The van der Waals surface area contributed by atoms with Gasteiger partial charge in [-0.2, -0.15) is 13.2 Å². The summed E-state index contributed by atoms with van der Waals surface area (Å²) in [5, 5.41) is 9.86. The van der Waals surface area contributed by atoms with Crippen LogP contribution in [-0.4, -0.2) is 15.9 Å². The number of carbonyl (C=O) groups is 1. The molecule has 2 aromatic carbocycles. The number of hydrogen-bond donors (Lipinski definition) is 1. The van der Waals surface area contributed by atoms with Crippen LogP contribution in [0.5, 0.6) is 5.75 Å². The Hall–Kier alpha value is -2.67. The van der Waals surface area contributed by atoms with Crippen molar-refractivity contribution in [3.8, 4) is 16.3 Å². The summed E-state index contributed by atoms with van der Waals surface area (Å²) in [7, 11) is 0. The molecule has 0 fully saturated rings. The van der Waals surface area contributed by atoms with E-state index in [0.29, 0.717) is 28.2 Å². The van der Waals surface area contributed by atoms with E-state index in [2.05, 4.69) is 4.98 Å². The smallest absolute Gasteiger partial charge is 0.417 e. The molecule has 0 saturated heterocycles. The third-order valence-corrected chi connectivity index (χ3v) is 5.70. The Kier molecular flexibility index (Phi) is 5.56. The molecule has 3 aromatic rings. The number of ketones is 1. The summed E-state index contributed by atoms with van der Waals surface area (Å²) in [6.07, 6.45) is -3.84. The zero-order valence-corrected chi connectivity index (χ0v) is 16.1. The van der Waals surface area contributed by atoms with Gasteiger partial charge in [0.1, 0.15) is 10.8 Å². The number of benzene rings is 2. The standard InChI is InChI=1S/C21H18F3NO2S/c1-12-11-14(7-8-17(12)26)18(27)9-10-19-13(2)25-20(28-19)15-5-3-4-6-16(15)21(22,23)24/h3-8,11,26H,9-10H2,1-2H3. The van der Waals surface area contributed by atoms with Crippen molar-refractivity contribution in [2.24, 2.45) is 0 Å². The van der Waals surface area contributed by atoms with Gasteiger partial charge in [0, 0.05) is 22.4 Å². The van der Waals surface area contributed by atoms with E-state index >= 15 is 0 Å². The minimum absolute atomic E-state index is 0.0508. The number of nitrogens with zero attached hydrogens (tertiary/aromatic N) is 1. The van der Waals surface area contributed by atoms with Gasteiger partial charge < -0.3 is 5.11 Å². The fraction of sp³-hybridized carbons (Fsp3) is 0.238. The van der Waals surface area contributed by atoms with Crippen LogP contribution in [0.4, 0.5) is 13.2 Å². The summed E-state index contributed by atoms with van der Waals surface area (Å²) in [6, 6.07) is 10.0. The van der Waals surface area contributed by atoms with Crippen LogP contribution in [0.3, 0.4) is 0 Å². The first-order chi connectivity index (χ1) is 13.2. The minimum Gasteiger partial charge on any atom is -0.508 e. The molecule has 0 atom stereocenters. The lowest BCUT2D eigenvalue weighted by Crippen LogP contribution is -2.06. The third-order valence-electron chi connectivity index (χ3n) is 4.45. The van der Waals surface area contributed by atoms with Crippen molar-refractivity contribution < 1.29 is 23.1 Å². The monoisotopic (exact) mass is 405 g/mol. The van der Waals surface area contributed by atoms with E-state index in [-0.39, 0.29) is 23.5 Å². The molecule has 0 spiro atoms. The van der Waals surface area contributed by atoms with Crippen molar-refractivity contribution in [2.45, 2.75) is 32.9 Å². The number of aryl methyl sites for hydroxylation is 3. The van der Waals surface area contributed by atoms with Crippen molar-refractivity contribution in [3.05, 3.63) is 69.7 Å². The molecular weight excluding hydrogens is 387 g/mol. The average molecular weight is 405 g/mol. The number of hydrogen-bond acceptors (Lipinski definition) is 4. The molecule has 7 heteroatoms. The molecule has 28 heavy (non-hydrogen) atoms. The van der Waals surface area contributed by atoms with Crippen molar-refractivity contribution in [1.82, 2.24) is 4.98 Å². The molecular formula is C21H18F3NO2S. The number of aromatic nitrogens is 1. The van der Waals surface area contributed by atoms with Gasteiger partial charge >= 0.3 is 6.18 Å². The van der Waals surface area contributed by atoms with Gasteiger partial charge in [-0.15, -0.1) is 11.3 Å². The third kappa shape index (κ3) is 4.25. The lowest BCUT2D eigenvalue weighted by atomic mass is 10.0. The number of thiazole rings is 1. The maximum Gasteiger partial charge on any atom is 0.417 e. The highest BCUT2D eigenvalue weighted by atomic mass is 32.1. The molecule has 1 heterocycles. The molecule has 1 aromatic heterocycles. The molecule has 0 aliphatic carbocycles. The van der Waals surface area contributed by atoms with Gasteiger partial charge in [0.2, 0.25) is 0 Å². The van der Waals surface area contributed by atoms with Crippen LogP contribution in [0.25, 0.3) is 10.6 Å². The first-order valence-electron chi connectivity index (χ1n) is 8.62. The average Bonchev–Trinajstić information content (AvgIpc) is 3.02. The van der Waals surface area contributed by atoms with Crippen molar-refractivity contribution >= 4 is 17.1 Å². The van der Waals surface area contributed by atoms with E-state index < -0.39 is 11.7 Å². The summed E-state index contributed by atoms with van der Waals surface area (Å²) < 4.78 is 39.8. The highest BCUT2D eigenvalue weighted by Gasteiger charge is 2.34. The lowest BCUT2D eigenvalue weighted by molar-refractivity contribution is -0.137. The van der Waals surface area contributed by atoms with Crippen molar-refractivity contribution in [1.29, 1.82) is 0 Å². The van der Waals surface area contributed by atoms with Crippen LogP contribution >= 0.6 is 11.3 Å². The van der Waals surface area contributed by atoms with E-state index in [1.165, 1.54) is 29.5 Å². The molecule has 3 rings (SSSR count). The number of halogens is 3. The van der Waals surface area contributed by atoms with E-state index in [9.17, 15) is 23.1 Å². The predicted molar refractivity (Wildman–Crippen MR) is 103 cm³/mol. The normalized spacial score (nSPS) is 11.6. The molecule has 3 nitrogen and oxygen atoms in total. The zero-order chi connectivity index (χ0) is 20.5. The van der Waals surface area contributed by atoms with E-state index in [0.717, 1.165) is 10.9 Å². The zero-order valence-electron chi connectivity index (χ0n) is 15.3. The van der Waals surface area contributed by atoms with Gasteiger partial charge in [-0.05, 0) is 50.1 Å². The second-order valence-electron chi connectivity index (χ2n) is 6.50. The Morgan fingerprint density at radius 3 is 2.54 bits per heavy atom. The van der Waals surface area contributed by atoms with Crippen molar-refractivity contribution in [2.75, 3.05) is 0 Å². The van der Waals surface area contributed by atoms with Crippen LogP contribution < -0.4 is 0 Å². The summed E-state index contributed by atoms with van der Waals surface area (Å²) in [4.78, 5) is 17.5. The Bertz CT molecular complexity index is 1020. The number of rotatable bonds is 5. The Morgan fingerprint density at radius 2 is 1.86 bits per heavy atom. The Labute approximate surface area is 164 Å². The quantitative estimate of drug-likeness (QED) is 0.532. The van der Waals surface area contributed by atoms with Crippen LogP contribution in [-0.2, 0) is 12.6 Å². The van der Waals surface area contributed by atoms with Crippen LogP contribution in [0.2, 0.25) is 0 Å². The number of phenols is 1. The van der Waals surface area contributed by atoms with Crippen LogP contribution in [0.1, 0.15) is 38.5 Å². The number of aromatic hydroxyl groups is 1. The summed E-state index contributed by atoms with van der Waals surface area (Å²) >= 11 is 1.18. The Balaban J connectivity index is 1.80. The Morgan fingerprint density at radius 1 is 1.14 bits per heavy atom. The summed E-state index contributed by atoms with van der Waals surface area (Å²) in [6.45, 7) is 3.45. The van der Waals surface area contributed by atoms with Gasteiger partial charge in [0.15, 0.2) is 5.78 Å². The van der Waals surface area contributed by atoms with Crippen molar-refractivity contribution in [3.63, 3.8) is 0 Å². The fourth-order valence-electron chi connectivity index (χ4n) is 2.89. The number of Topliss-reactive ketones (excluding diaryl/α,β-unsaturated/α-hetero) is 1. The SMILES string of the molecule is Cc1cc(C(=O)CCc2sc(-c3ccccc3C(F)(F)F)nc2C)ccc1O. The number of alkyl halides is 3. The highest BCUT2D eigenvalue weighted by Crippen LogP contribution is 2.39. The summed E-state index contributed by atoms with van der Waals surface area (Å²) in [5.41, 5.74) is 1.08. The van der Waals surface area contributed by atoms with Gasteiger partial charge in [0.05, 0.1) is 11.3 Å². The van der Waals surface area contributed by atoms with E-state index in [4.69, 9.17) is 0 Å². The first-order valence-corrected chi connectivity index (χ1v) is 9.44.